The van der Waals surface area contributed by atoms with Crippen LogP contribution in [-0.2, 0) is 6.54 Å². The molecule has 1 heterocycles. The van der Waals surface area contributed by atoms with Gasteiger partial charge in [-0.05, 0) is 55.1 Å². The van der Waals surface area contributed by atoms with E-state index in [2.05, 4.69) is 35.2 Å². The summed E-state index contributed by atoms with van der Waals surface area (Å²) in [7, 11) is 0. The second-order valence-electron chi connectivity index (χ2n) is 6.26. The number of nitriles is 1. The molecule has 0 spiro atoms. The zero-order chi connectivity index (χ0) is 16.1. The number of hydrogen-bond acceptors (Lipinski definition) is 2. The summed E-state index contributed by atoms with van der Waals surface area (Å²) in [4.78, 5) is 2.45. The van der Waals surface area contributed by atoms with Gasteiger partial charge in [-0.1, -0.05) is 42.5 Å². The highest BCUT2D eigenvalue weighted by Crippen LogP contribution is 2.32. The zero-order valence-corrected chi connectivity index (χ0v) is 13.2. The van der Waals surface area contributed by atoms with Crippen molar-refractivity contribution >= 4 is 0 Å². The van der Waals surface area contributed by atoms with Crippen LogP contribution in [0, 0.1) is 23.1 Å². The molecule has 0 radical (unpaired) electrons. The van der Waals surface area contributed by atoms with E-state index in [1.54, 1.807) is 12.1 Å². The van der Waals surface area contributed by atoms with Gasteiger partial charge in [-0.3, -0.25) is 4.90 Å². The van der Waals surface area contributed by atoms with Crippen LogP contribution in [0.4, 0.5) is 4.39 Å². The molecule has 0 amide bonds. The molecule has 2 nitrogen and oxygen atoms in total. The zero-order valence-electron chi connectivity index (χ0n) is 13.2. The number of nitrogens with zero attached hydrogens (tertiary/aromatic N) is 2. The van der Waals surface area contributed by atoms with Gasteiger partial charge in [-0.2, -0.15) is 5.26 Å². The molecule has 0 saturated carbocycles. The molecule has 1 aliphatic rings. The number of hydrogen-bond donors (Lipinski definition) is 0. The first kappa shape index (κ1) is 15.7. The smallest absolute Gasteiger partial charge is 0.123 e. The Morgan fingerprint density at radius 3 is 2.30 bits per heavy atom. The number of benzene rings is 2. The lowest BCUT2D eigenvalue weighted by Crippen LogP contribution is -2.35. The van der Waals surface area contributed by atoms with Gasteiger partial charge >= 0.3 is 0 Å². The van der Waals surface area contributed by atoms with E-state index in [4.69, 9.17) is 0 Å². The Morgan fingerprint density at radius 1 is 1.04 bits per heavy atom. The minimum Gasteiger partial charge on any atom is -0.299 e. The SMILES string of the molecule is N#C[C@H](c1ccc(F)cc1)C1CCN(Cc2ccccc2)CC1. The average molecular weight is 308 g/mol. The van der Waals surface area contributed by atoms with Gasteiger partial charge in [-0.25, -0.2) is 4.39 Å². The molecule has 0 aliphatic carbocycles. The third kappa shape index (κ3) is 3.97. The number of rotatable bonds is 4. The Labute approximate surface area is 137 Å². The maximum Gasteiger partial charge on any atom is 0.123 e. The van der Waals surface area contributed by atoms with Crippen LogP contribution in [0.15, 0.2) is 54.6 Å². The summed E-state index contributed by atoms with van der Waals surface area (Å²) in [6, 6.07) is 19.3. The minimum atomic E-state index is -0.247. The second kappa shape index (κ2) is 7.39. The molecule has 1 aliphatic heterocycles. The second-order valence-corrected chi connectivity index (χ2v) is 6.26. The van der Waals surface area contributed by atoms with Crippen LogP contribution in [0.1, 0.15) is 29.9 Å². The Balaban J connectivity index is 1.59. The highest BCUT2D eigenvalue weighted by molar-refractivity contribution is 5.26. The Bertz CT molecular complexity index is 652. The van der Waals surface area contributed by atoms with Crippen LogP contribution in [-0.4, -0.2) is 18.0 Å². The van der Waals surface area contributed by atoms with Crippen LogP contribution >= 0.6 is 0 Å². The first-order valence-electron chi connectivity index (χ1n) is 8.17. The van der Waals surface area contributed by atoms with Gasteiger partial charge in [0.1, 0.15) is 5.82 Å². The maximum atomic E-state index is 13.1. The van der Waals surface area contributed by atoms with Crippen molar-refractivity contribution in [3.63, 3.8) is 0 Å². The molecule has 2 aromatic carbocycles. The third-order valence-electron chi connectivity index (χ3n) is 4.72. The molecule has 3 heteroatoms. The molecule has 0 unspecified atom stereocenters. The Kier molecular flexibility index (Phi) is 5.05. The van der Waals surface area contributed by atoms with E-state index in [-0.39, 0.29) is 11.7 Å². The third-order valence-corrected chi connectivity index (χ3v) is 4.72. The van der Waals surface area contributed by atoms with Gasteiger partial charge in [0.05, 0.1) is 12.0 Å². The van der Waals surface area contributed by atoms with E-state index in [1.807, 2.05) is 6.07 Å². The average Bonchev–Trinajstić information content (AvgIpc) is 2.60. The standard InChI is InChI=1S/C20H21FN2/c21-19-8-6-17(7-9-19)20(14-22)18-10-12-23(13-11-18)15-16-4-2-1-3-5-16/h1-9,18,20H,10-13,15H2/t20-/m1/s1. The normalized spacial score (nSPS) is 17.6. The van der Waals surface area contributed by atoms with E-state index in [1.165, 1.54) is 17.7 Å². The lowest BCUT2D eigenvalue weighted by molar-refractivity contribution is 0.171. The molecular formula is C20H21FN2. The quantitative estimate of drug-likeness (QED) is 0.840. The molecule has 1 atom stereocenters. The van der Waals surface area contributed by atoms with Gasteiger partial charge in [-0.15, -0.1) is 0 Å². The summed E-state index contributed by atoms with van der Waals surface area (Å²) >= 11 is 0. The van der Waals surface area contributed by atoms with E-state index < -0.39 is 0 Å². The molecule has 0 N–H and O–H groups in total. The van der Waals surface area contributed by atoms with Gasteiger partial charge in [0.15, 0.2) is 0 Å². The topological polar surface area (TPSA) is 27.0 Å². The lowest BCUT2D eigenvalue weighted by Gasteiger charge is -2.34. The van der Waals surface area contributed by atoms with Crippen molar-refractivity contribution in [3.05, 3.63) is 71.5 Å². The highest BCUT2D eigenvalue weighted by Gasteiger charge is 2.27. The highest BCUT2D eigenvalue weighted by atomic mass is 19.1. The predicted octanol–water partition coefficient (Wildman–Crippen LogP) is 4.35. The fourth-order valence-corrected chi connectivity index (χ4v) is 3.41. The molecule has 0 aromatic heterocycles. The molecule has 2 aromatic rings. The largest absolute Gasteiger partial charge is 0.299 e. The van der Waals surface area contributed by atoms with Gasteiger partial charge in [0, 0.05) is 6.54 Å². The van der Waals surface area contributed by atoms with Crippen molar-refractivity contribution in [2.24, 2.45) is 5.92 Å². The van der Waals surface area contributed by atoms with Crippen molar-refractivity contribution in [2.75, 3.05) is 13.1 Å². The van der Waals surface area contributed by atoms with Crippen molar-refractivity contribution < 1.29 is 4.39 Å². The van der Waals surface area contributed by atoms with Crippen LogP contribution < -0.4 is 0 Å². The summed E-state index contributed by atoms with van der Waals surface area (Å²) in [5.41, 5.74) is 2.27. The van der Waals surface area contributed by atoms with Crippen molar-refractivity contribution in [1.82, 2.24) is 4.90 Å². The van der Waals surface area contributed by atoms with Crippen LogP contribution in [0.5, 0.6) is 0 Å². The van der Waals surface area contributed by atoms with E-state index in [9.17, 15) is 9.65 Å². The Morgan fingerprint density at radius 2 is 1.70 bits per heavy atom. The Hall–Kier alpha value is -2.18. The number of piperidine rings is 1. The lowest BCUT2D eigenvalue weighted by atomic mass is 9.81. The van der Waals surface area contributed by atoms with Gasteiger partial charge < -0.3 is 0 Å². The number of halogens is 1. The summed E-state index contributed by atoms with van der Waals surface area (Å²) in [6.07, 6.45) is 2.03. The molecule has 1 saturated heterocycles. The molecule has 118 valence electrons. The van der Waals surface area contributed by atoms with Crippen LogP contribution in [0.2, 0.25) is 0 Å². The van der Waals surface area contributed by atoms with Crippen LogP contribution in [0.25, 0.3) is 0 Å². The van der Waals surface area contributed by atoms with Crippen molar-refractivity contribution in [3.8, 4) is 6.07 Å². The molecular weight excluding hydrogens is 287 g/mol. The maximum absolute atomic E-state index is 13.1. The first-order valence-corrected chi connectivity index (χ1v) is 8.17. The monoisotopic (exact) mass is 308 g/mol. The molecule has 23 heavy (non-hydrogen) atoms. The summed E-state index contributed by atoms with van der Waals surface area (Å²) in [6.45, 7) is 3.00. The van der Waals surface area contributed by atoms with Gasteiger partial charge in [0.25, 0.3) is 0 Å². The predicted molar refractivity (Wildman–Crippen MR) is 89.2 cm³/mol. The number of likely N-dealkylation sites (tertiary alicyclic amines) is 1. The minimum absolute atomic E-state index is 0.130. The first-order chi connectivity index (χ1) is 11.3. The summed E-state index contributed by atoms with van der Waals surface area (Å²) in [5.74, 6) is -0.0184. The van der Waals surface area contributed by atoms with Gasteiger partial charge in [0.2, 0.25) is 0 Å². The summed E-state index contributed by atoms with van der Waals surface area (Å²) < 4.78 is 13.1. The fraction of sp³-hybridized carbons (Fsp3) is 0.350. The summed E-state index contributed by atoms with van der Waals surface area (Å²) in [5, 5.41) is 9.54. The van der Waals surface area contributed by atoms with E-state index >= 15 is 0 Å². The molecule has 3 rings (SSSR count). The molecule has 1 fully saturated rings. The van der Waals surface area contributed by atoms with Crippen molar-refractivity contribution in [1.29, 1.82) is 5.26 Å². The van der Waals surface area contributed by atoms with E-state index in [0.717, 1.165) is 38.0 Å². The van der Waals surface area contributed by atoms with E-state index in [0.29, 0.717) is 5.92 Å². The fourth-order valence-electron chi connectivity index (χ4n) is 3.41. The molecule has 0 bridgehead atoms. The van der Waals surface area contributed by atoms with Crippen LogP contribution in [0.3, 0.4) is 0 Å². The van der Waals surface area contributed by atoms with Crippen molar-refractivity contribution in [2.45, 2.75) is 25.3 Å².